The second-order valence-electron chi connectivity index (χ2n) is 7.13. The highest BCUT2D eigenvalue weighted by Crippen LogP contribution is 2.29. The smallest absolute Gasteiger partial charge is 0.191 e. The highest BCUT2D eigenvalue weighted by Gasteiger charge is 2.18. The van der Waals surface area contributed by atoms with E-state index in [4.69, 9.17) is 9.47 Å². The van der Waals surface area contributed by atoms with E-state index in [2.05, 4.69) is 26.8 Å². The molecule has 8 heteroatoms. The highest BCUT2D eigenvalue weighted by molar-refractivity contribution is 14.0. The Morgan fingerprint density at radius 2 is 2.07 bits per heavy atom. The number of halogens is 1. The first-order chi connectivity index (χ1) is 13.7. The van der Waals surface area contributed by atoms with Crippen molar-refractivity contribution in [3.05, 3.63) is 41.7 Å². The molecule has 1 saturated carbocycles. The van der Waals surface area contributed by atoms with Crippen molar-refractivity contribution >= 4 is 29.9 Å². The quantitative estimate of drug-likeness (QED) is 0.321. The van der Waals surface area contributed by atoms with Gasteiger partial charge in [-0.15, -0.1) is 24.0 Å². The van der Waals surface area contributed by atoms with Gasteiger partial charge in [-0.2, -0.15) is 5.10 Å². The maximum absolute atomic E-state index is 6.26. The molecule has 0 amide bonds. The molecule has 1 heterocycles. The Hall–Kier alpha value is -1.97. The fourth-order valence-corrected chi connectivity index (χ4v) is 3.38. The van der Waals surface area contributed by atoms with Crippen molar-refractivity contribution in [1.82, 2.24) is 20.4 Å². The molecule has 0 aliphatic heterocycles. The standard InChI is InChI=1S/C21H31N5O2.HI/c1-16-13-25-26(15-16)11-10-23-21(22-2)24-14-17-8-9-19(27-3)12-20(17)28-18-6-4-5-7-18;/h8-9,12-13,15,18H,4-7,10-11,14H2,1-3H3,(H2,22,23,24);1H. The first kappa shape index (κ1) is 23.3. The average Bonchev–Trinajstić information content (AvgIpc) is 3.37. The third kappa shape index (κ3) is 7.09. The number of methoxy groups -OCH3 is 1. The fraction of sp³-hybridized carbons (Fsp3) is 0.524. The van der Waals surface area contributed by atoms with Crippen LogP contribution in [0.15, 0.2) is 35.6 Å². The van der Waals surface area contributed by atoms with E-state index in [0.29, 0.717) is 12.6 Å². The largest absolute Gasteiger partial charge is 0.497 e. The van der Waals surface area contributed by atoms with Crippen LogP contribution in [-0.2, 0) is 13.1 Å². The lowest BCUT2D eigenvalue weighted by molar-refractivity contribution is 0.207. The molecule has 0 bridgehead atoms. The monoisotopic (exact) mass is 513 g/mol. The Morgan fingerprint density at radius 3 is 2.72 bits per heavy atom. The van der Waals surface area contributed by atoms with Crippen LogP contribution in [0, 0.1) is 6.92 Å². The molecule has 160 valence electrons. The second kappa shape index (κ2) is 11.9. The number of rotatable bonds is 8. The first-order valence-corrected chi connectivity index (χ1v) is 9.95. The zero-order chi connectivity index (χ0) is 19.8. The lowest BCUT2D eigenvalue weighted by Gasteiger charge is -2.19. The zero-order valence-electron chi connectivity index (χ0n) is 17.5. The Bertz CT molecular complexity index is 787. The molecule has 0 atom stereocenters. The van der Waals surface area contributed by atoms with E-state index >= 15 is 0 Å². The van der Waals surface area contributed by atoms with Crippen LogP contribution in [0.2, 0.25) is 0 Å². The summed E-state index contributed by atoms with van der Waals surface area (Å²) in [5.41, 5.74) is 2.26. The molecule has 7 nitrogen and oxygen atoms in total. The summed E-state index contributed by atoms with van der Waals surface area (Å²) < 4.78 is 13.6. The van der Waals surface area contributed by atoms with Gasteiger partial charge in [-0.25, -0.2) is 0 Å². The minimum atomic E-state index is 0. The van der Waals surface area contributed by atoms with Gasteiger partial charge in [-0.3, -0.25) is 9.67 Å². The average molecular weight is 513 g/mol. The van der Waals surface area contributed by atoms with Gasteiger partial charge in [-0.05, 0) is 50.3 Å². The maximum Gasteiger partial charge on any atom is 0.191 e. The molecule has 29 heavy (non-hydrogen) atoms. The lowest BCUT2D eigenvalue weighted by Crippen LogP contribution is -2.38. The van der Waals surface area contributed by atoms with Gasteiger partial charge in [0.15, 0.2) is 5.96 Å². The Labute approximate surface area is 190 Å². The number of benzene rings is 1. The normalized spacial score (nSPS) is 14.4. The SMILES string of the molecule is CN=C(NCCn1cc(C)cn1)NCc1ccc(OC)cc1OC1CCCC1.I. The molecular weight excluding hydrogens is 481 g/mol. The van der Waals surface area contributed by atoms with Gasteiger partial charge < -0.3 is 20.1 Å². The number of guanidine groups is 1. The van der Waals surface area contributed by atoms with Crippen molar-refractivity contribution in [3.63, 3.8) is 0 Å². The van der Waals surface area contributed by atoms with E-state index in [0.717, 1.165) is 54.5 Å². The molecule has 0 spiro atoms. The van der Waals surface area contributed by atoms with Gasteiger partial charge in [0.25, 0.3) is 0 Å². The summed E-state index contributed by atoms with van der Waals surface area (Å²) in [6, 6.07) is 6.00. The molecule has 1 aliphatic rings. The number of nitrogens with zero attached hydrogens (tertiary/aromatic N) is 3. The number of hydrogen-bond donors (Lipinski definition) is 2. The van der Waals surface area contributed by atoms with Crippen LogP contribution in [0.5, 0.6) is 11.5 Å². The molecule has 3 rings (SSSR count). The van der Waals surface area contributed by atoms with Crippen molar-refractivity contribution in [2.24, 2.45) is 4.99 Å². The molecule has 0 unspecified atom stereocenters. The first-order valence-electron chi connectivity index (χ1n) is 9.95. The predicted octanol–water partition coefficient (Wildman–Crippen LogP) is 3.50. The van der Waals surface area contributed by atoms with E-state index in [9.17, 15) is 0 Å². The number of aromatic nitrogens is 2. The van der Waals surface area contributed by atoms with Gasteiger partial charge in [0.2, 0.25) is 0 Å². The highest BCUT2D eigenvalue weighted by atomic mass is 127. The van der Waals surface area contributed by atoms with Crippen molar-refractivity contribution < 1.29 is 9.47 Å². The summed E-state index contributed by atoms with van der Waals surface area (Å²) in [5.74, 6) is 2.46. The van der Waals surface area contributed by atoms with E-state index in [-0.39, 0.29) is 24.0 Å². The Balaban J connectivity index is 0.00000300. The molecule has 0 saturated heterocycles. The molecular formula is C21H32IN5O2. The molecule has 0 radical (unpaired) electrons. The van der Waals surface area contributed by atoms with Gasteiger partial charge in [0.05, 0.1) is 26.0 Å². The summed E-state index contributed by atoms with van der Waals surface area (Å²) in [4.78, 5) is 4.31. The third-order valence-corrected chi connectivity index (χ3v) is 4.94. The maximum atomic E-state index is 6.26. The van der Waals surface area contributed by atoms with Crippen LogP contribution >= 0.6 is 24.0 Å². The summed E-state index contributed by atoms with van der Waals surface area (Å²) in [5, 5.41) is 11.0. The van der Waals surface area contributed by atoms with Crippen LogP contribution in [0.25, 0.3) is 0 Å². The molecule has 1 fully saturated rings. The van der Waals surface area contributed by atoms with Crippen molar-refractivity contribution in [2.75, 3.05) is 20.7 Å². The summed E-state index contributed by atoms with van der Waals surface area (Å²) in [6.45, 7) is 4.20. The van der Waals surface area contributed by atoms with Crippen LogP contribution in [0.1, 0.15) is 36.8 Å². The minimum Gasteiger partial charge on any atom is -0.497 e. The number of aryl methyl sites for hydroxylation is 1. The van der Waals surface area contributed by atoms with E-state index in [1.807, 2.05) is 36.1 Å². The van der Waals surface area contributed by atoms with E-state index < -0.39 is 0 Å². The van der Waals surface area contributed by atoms with Crippen molar-refractivity contribution in [2.45, 2.75) is 51.8 Å². The summed E-state index contributed by atoms with van der Waals surface area (Å²) in [7, 11) is 3.46. The summed E-state index contributed by atoms with van der Waals surface area (Å²) >= 11 is 0. The third-order valence-electron chi connectivity index (χ3n) is 4.94. The number of nitrogens with one attached hydrogen (secondary N) is 2. The molecule has 2 N–H and O–H groups in total. The van der Waals surface area contributed by atoms with Crippen molar-refractivity contribution in [1.29, 1.82) is 0 Å². The lowest BCUT2D eigenvalue weighted by atomic mass is 10.2. The van der Waals surface area contributed by atoms with Crippen LogP contribution < -0.4 is 20.1 Å². The number of hydrogen-bond acceptors (Lipinski definition) is 4. The molecule has 2 aromatic rings. The fourth-order valence-electron chi connectivity index (χ4n) is 3.38. The van der Waals surface area contributed by atoms with Crippen molar-refractivity contribution in [3.8, 4) is 11.5 Å². The summed E-state index contributed by atoms with van der Waals surface area (Å²) in [6.07, 6.45) is 8.94. The van der Waals surface area contributed by atoms with Crippen LogP contribution in [-0.4, -0.2) is 42.5 Å². The second-order valence-corrected chi connectivity index (χ2v) is 7.13. The van der Waals surface area contributed by atoms with Gasteiger partial charge in [0, 0.05) is 38.0 Å². The topological polar surface area (TPSA) is 72.7 Å². The minimum absolute atomic E-state index is 0. The van der Waals surface area contributed by atoms with Gasteiger partial charge in [0.1, 0.15) is 11.5 Å². The number of ether oxygens (including phenoxy) is 2. The van der Waals surface area contributed by atoms with E-state index in [1.165, 1.54) is 12.8 Å². The predicted molar refractivity (Wildman–Crippen MR) is 126 cm³/mol. The molecule has 1 aliphatic carbocycles. The van der Waals surface area contributed by atoms with Gasteiger partial charge in [-0.1, -0.05) is 0 Å². The number of aliphatic imine (C=N–C) groups is 1. The van der Waals surface area contributed by atoms with Gasteiger partial charge >= 0.3 is 0 Å². The van der Waals surface area contributed by atoms with E-state index in [1.54, 1.807) is 14.2 Å². The molecule has 1 aromatic heterocycles. The Kier molecular flexibility index (Phi) is 9.56. The van der Waals surface area contributed by atoms with Crippen LogP contribution in [0.4, 0.5) is 0 Å². The Morgan fingerprint density at radius 1 is 1.28 bits per heavy atom. The zero-order valence-corrected chi connectivity index (χ0v) is 19.8. The van der Waals surface area contributed by atoms with Crippen LogP contribution in [0.3, 0.4) is 0 Å². The molecule has 1 aromatic carbocycles.